The fourth-order valence-corrected chi connectivity index (χ4v) is 5.19. The normalized spacial score (nSPS) is 16.1. The van der Waals surface area contributed by atoms with Crippen molar-refractivity contribution in [3.8, 4) is 17.2 Å². The van der Waals surface area contributed by atoms with Crippen LogP contribution >= 0.6 is 0 Å². The number of rotatable bonds is 9. The Labute approximate surface area is 228 Å². The number of carbonyl (C=O) groups is 1. The Balaban J connectivity index is 1.20. The van der Waals surface area contributed by atoms with Gasteiger partial charge in [0.1, 0.15) is 19.0 Å². The van der Waals surface area contributed by atoms with E-state index in [0.717, 1.165) is 61.4 Å². The summed E-state index contributed by atoms with van der Waals surface area (Å²) in [5.74, 6) is 2.11. The van der Waals surface area contributed by atoms with Gasteiger partial charge < -0.3 is 34.3 Å². The second-order valence-corrected chi connectivity index (χ2v) is 9.90. The zero-order valence-electron chi connectivity index (χ0n) is 22.6. The number of fused-ring (bicyclic) bond motifs is 2. The van der Waals surface area contributed by atoms with Gasteiger partial charge in [-0.3, -0.25) is 9.59 Å². The maximum absolute atomic E-state index is 13.1. The number of piperidine rings is 1. The minimum atomic E-state index is -0.218. The first kappa shape index (κ1) is 26.8. The molecule has 1 amide bonds. The molecule has 9 nitrogen and oxygen atoms in total. The van der Waals surface area contributed by atoms with Gasteiger partial charge in [-0.25, -0.2) is 0 Å². The van der Waals surface area contributed by atoms with Crippen LogP contribution in [-0.4, -0.2) is 68.4 Å². The van der Waals surface area contributed by atoms with Gasteiger partial charge in [-0.2, -0.15) is 0 Å². The highest BCUT2D eigenvalue weighted by molar-refractivity contribution is 5.96. The zero-order valence-corrected chi connectivity index (χ0v) is 22.6. The fourth-order valence-electron chi connectivity index (χ4n) is 5.19. The van der Waals surface area contributed by atoms with Crippen LogP contribution in [0, 0.1) is 0 Å². The van der Waals surface area contributed by atoms with Crippen molar-refractivity contribution in [3.05, 3.63) is 70.0 Å². The van der Waals surface area contributed by atoms with Crippen molar-refractivity contribution in [1.29, 1.82) is 0 Å². The molecule has 3 heterocycles. The van der Waals surface area contributed by atoms with Crippen LogP contribution < -0.4 is 30.4 Å². The molecular formula is C30H36N4O5. The molecule has 2 aromatic carbocycles. The first-order valence-corrected chi connectivity index (χ1v) is 13.5. The number of ether oxygens (including phenoxy) is 3. The van der Waals surface area contributed by atoms with Crippen molar-refractivity contribution >= 4 is 22.9 Å². The van der Waals surface area contributed by atoms with E-state index < -0.39 is 0 Å². The Morgan fingerprint density at radius 3 is 2.62 bits per heavy atom. The molecule has 39 heavy (non-hydrogen) atoms. The number of carbonyl (C=O) groups excluding carboxylic acids is 1. The van der Waals surface area contributed by atoms with E-state index in [1.165, 1.54) is 11.6 Å². The largest absolute Gasteiger partial charge is 0.497 e. The molecule has 0 bridgehead atoms. The molecule has 0 saturated carbocycles. The smallest absolute Gasteiger partial charge is 0.251 e. The standard InChI is InChI=1S/C30H36N4O5/c1-31-29(35)8-4-22-18-30(36)34(26-19-24(37-2)5-6-25(22)26)14-13-33-11-9-23(10-12-33)32-20-21-3-7-27-28(17-21)39-16-15-38-27/h3-8,17-19,23,32H,9-16,20H2,1-2H3,(H,31,35)/b8-4+. The third kappa shape index (κ3) is 6.43. The number of hydrogen-bond donors (Lipinski definition) is 2. The molecule has 0 radical (unpaired) electrons. The molecule has 1 fully saturated rings. The lowest BCUT2D eigenvalue weighted by Gasteiger charge is -2.32. The molecule has 0 spiro atoms. The van der Waals surface area contributed by atoms with Gasteiger partial charge in [-0.1, -0.05) is 6.07 Å². The van der Waals surface area contributed by atoms with Crippen LogP contribution in [0.3, 0.4) is 0 Å². The van der Waals surface area contributed by atoms with E-state index in [9.17, 15) is 9.59 Å². The number of methoxy groups -OCH3 is 1. The van der Waals surface area contributed by atoms with Crippen molar-refractivity contribution in [2.45, 2.75) is 32.0 Å². The number of amides is 1. The molecule has 2 aliphatic rings. The second kappa shape index (κ2) is 12.4. The highest BCUT2D eigenvalue weighted by Crippen LogP contribution is 2.31. The first-order chi connectivity index (χ1) is 19.0. The summed E-state index contributed by atoms with van der Waals surface area (Å²) < 4.78 is 18.6. The van der Waals surface area contributed by atoms with Crippen molar-refractivity contribution in [3.63, 3.8) is 0 Å². The van der Waals surface area contributed by atoms with Crippen molar-refractivity contribution in [1.82, 2.24) is 20.1 Å². The molecular weight excluding hydrogens is 496 g/mol. The minimum Gasteiger partial charge on any atom is -0.497 e. The van der Waals surface area contributed by atoms with Crippen molar-refractivity contribution in [2.24, 2.45) is 0 Å². The Bertz CT molecular complexity index is 1410. The first-order valence-electron chi connectivity index (χ1n) is 13.5. The fraction of sp³-hybridized carbons (Fsp3) is 0.400. The summed E-state index contributed by atoms with van der Waals surface area (Å²) in [7, 11) is 3.19. The number of likely N-dealkylation sites (tertiary alicyclic amines) is 1. The summed E-state index contributed by atoms with van der Waals surface area (Å²) in [5.41, 5.74) is 2.61. The highest BCUT2D eigenvalue weighted by atomic mass is 16.6. The number of nitrogens with one attached hydrogen (secondary N) is 2. The maximum atomic E-state index is 13.1. The Morgan fingerprint density at radius 1 is 1.05 bits per heavy atom. The van der Waals surface area contributed by atoms with Gasteiger partial charge in [0.15, 0.2) is 11.5 Å². The molecule has 2 aliphatic heterocycles. The lowest BCUT2D eigenvalue weighted by Crippen LogP contribution is -2.43. The van der Waals surface area contributed by atoms with Gasteiger partial charge >= 0.3 is 0 Å². The van der Waals surface area contributed by atoms with Crippen LogP contribution in [0.4, 0.5) is 0 Å². The summed E-state index contributed by atoms with van der Waals surface area (Å²) in [4.78, 5) is 27.3. The Morgan fingerprint density at radius 2 is 1.85 bits per heavy atom. The van der Waals surface area contributed by atoms with Crippen LogP contribution in [0.5, 0.6) is 17.2 Å². The predicted molar refractivity (Wildman–Crippen MR) is 152 cm³/mol. The maximum Gasteiger partial charge on any atom is 0.251 e. The molecule has 0 atom stereocenters. The van der Waals surface area contributed by atoms with E-state index in [0.29, 0.717) is 37.1 Å². The molecule has 5 rings (SSSR count). The van der Waals surface area contributed by atoms with Crippen molar-refractivity contribution < 1.29 is 19.0 Å². The number of aromatic nitrogens is 1. The van der Waals surface area contributed by atoms with E-state index in [4.69, 9.17) is 14.2 Å². The molecule has 206 valence electrons. The molecule has 1 saturated heterocycles. The topological polar surface area (TPSA) is 94.1 Å². The Hall–Kier alpha value is -3.82. The monoisotopic (exact) mass is 532 g/mol. The van der Waals surface area contributed by atoms with Crippen molar-refractivity contribution in [2.75, 3.05) is 47.0 Å². The van der Waals surface area contributed by atoms with Gasteiger partial charge in [0, 0.05) is 56.3 Å². The van der Waals surface area contributed by atoms with Gasteiger partial charge in [-0.15, -0.1) is 0 Å². The summed E-state index contributed by atoms with van der Waals surface area (Å²) in [6.45, 7) is 5.31. The summed E-state index contributed by atoms with van der Waals surface area (Å²) in [6.07, 6.45) is 5.23. The number of benzene rings is 2. The second-order valence-electron chi connectivity index (χ2n) is 9.90. The summed E-state index contributed by atoms with van der Waals surface area (Å²) in [6, 6.07) is 13.9. The van der Waals surface area contributed by atoms with Gasteiger partial charge in [0.2, 0.25) is 5.91 Å². The lowest BCUT2D eigenvalue weighted by molar-refractivity contribution is -0.115. The lowest BCUT2D eigenvalue weighted by atomic mass is 10.0. The third-order valence-corrected chi connectivity index (χ3v) is 7.44. The Kier molecular flexibility index (Phi) is 8.48. The van der Waals surface area contributed by atoms with E-state index in [1.807, 2.05) is 24.3 Å². The number of likely N-dealkylation sites (N-methyl/N-ethyl adjacent to an activating group) is 1. The van der Waals surface area contributed by atoms with Crippen LogP contribution in [0.2, 0.25) is 0 Å². The summed E-state index contributed by atoms with van der Waals surface area (Å²) in [5, 5.41) is 7.15. The summed E-state index contributed by atoms with van der Waals surface area (Å²) >= 11 is 0. The molecule has 1 aromatic heterocycles. The minimum absolute atomic E-state index is 0.0942. The van der Waals surface area contributed by atoms with E-state index in [2.05, 4.69) is 27.7 Å². The molecule has 0 aliphatic carbocycles. The average molecular weight is 533 g/mol. The quantitative estimate of drug-likeness (QED) is 0.410. The SMILES string of the molecule is CNC(=O)/C=C/c1cc(=O)n(CCN2CCC(NCc3ccc4c(c3)OCCO4)CC2)c2cc(OC)ccc12. The van der Waals surface area contributed by atoms with Gasteiger partial charge in [0.25, 0.3) is 5.56 Å². The zero-order chi connectivity index (χ0) is 27.2. The van der Waals surface area contributed by atoms with Gasteiger partial charge in [0.05, 0.1) is 12.6 Å². The third-order valence-electron chi connectivity index (χ3n) is 7.44. The van der Waals surface area contributed by atoms with E-state index in [-0.39, 0.29) is 11.5 Å². The van der Waals surface area contributed by atoms with Crippen LogP contribution in [-0.2, 0) is 17.9 Å². The molecule has 2 N–H and O–H groups in total. The highest BCUT2D eigenvalue weighted by Gasteiger charge is 2.20. The predicted octanol–water partition coefficient (Wildman–Crippen LogP) is 2.79. The number of hydrogen-bond acceptors (Lipinski definition) is 7. The van der Waals surface area contributed by atoms with E-state index >= 15 is 0 Å². The number of nitrogens with zero attached hydrogens (tertiary/aromatic N) is 2. The van der Waals surface area contributed by atoms with E-state index in [1.54, 1.807) is 30.9 Å². The average Bonchev–Trinajstić information content (AvgIpc) is 2.98. The number of pyridine rings is 1. The van der Waals surface area contributed by atoms with Crippen LogP contribution in [0.1, 0.15) is 24.0 Å². The molecule has 9 heteroatoms. The molecule has 3 aromatic rings. The van der Waals surface area contributed by atoms with Crippen LogP contribution in [0.25, 0.3) is 17.0 Å². The van der Waals surface area contributed by atoms with Gasteiger partial charge in [-0.05, 0) is 67.4 Å². The molecule has 0 unspecified atom stereocenters. The van der Waals surface area contributed by atoms with Crippen LogP contribution in [0.15, 0.2) is 53.3 Å².